The second-order valence-electron chi connectivity index (χ2n) is 9.93. The van der Waals surface area contributed by atoms with Gasteiger partial charge < -0.3 is 9.47 Å². The summed E-state index contributed by atoms with van der Waals surface area (Å²) in [4.78, 5) is 30.6. The van der Waals surface area contributed by atoms with Crippen LogP contribution in [0.4, 0.5) is 5.69 Å². The molecule has 0 bridgehead atoms. The summed E-state index contributed by atoms with van der Waals surface area (Å²) in [5.74, 6) is 1.18. The fourth-order valence-electron chi connectivity index (χ4n) is 5.41. The summed E-state index contributed by atoms with van der Waals surface area (Å²) in [5.41, 5.74) is 4.12. The predicted molar refractivity (Wildman–Crippen MR) is 134 cm³/mol. The van der Waals surface area contributed by atoms with E-state index in [4.69, 9.17) is 21.1 Å². The van der Waals surface area contributed by atoms with Gasteiger partial charge in [-0.1, -0.05) is 36.5 Å². The first kappa shape index (κ1) is 22.3. The van der Waals surface area contributed by atoms with E-state index in [0.29, 0.717) is 16.6 Å². The van der Waals surface area contributed by atoms with Crippen molar-refractivity contribution in [3.8, 4) is 22.9 Å². The van der Waals surface area contributed by atoms with Crippen molar-refractivity contribution in [1.82, 2.24) is 29.7 Å². The van der Waals surface area contributed by atoms with Gasteiger partial charge in [-0.15, -0.1) is 0 Å². The molecule has 1 saturated carbocycles. The maximum Gasteiger partial charge on any atom is 0.439 e. The molecule has 4 aromatic rings. The van der Waals surface area contributed by atoms with Gasteiger partial charge in [-0.05, 0) is 55.7 Å². The van der Waals surface area contributed by atoms with Crippen molar-refractivity contribution in [2.45, 2.75) is 52.0 Å². The number of benzene rings is 1. The molecule has 2 fully saturated rings. The Morgan fingerprint density at radius 1 is 1.11 bits per heavy atom. The summed E-state index contributed by atoms with van der Waals surface area (Å²) in [6.45, 7) is 5.24. The average Bonchev–Trinajstić information content (AvgIpc) is 3.61. The van der Waals surface area contributed by atoms with E-state index in [1.165, 1.54) is 38.5 Å². The molecule has 1 aliphatic carbocycles. The Morgan fingerprint density at radius 3 is 2.66 bits per heavy atom. The Hall–Kier alpha value is -3.20. The topological polar surface area (TPSA) is 106 Å². The van der Waals surface area contributed by atoms with E-state index in [-0.39, 0.29) is 11.6 Å². The number of anilines is 1. The number of aromatic nitrogens is 6. The Bertz CT molecular complexity index is 1410. The van der Waals surface area contributed by atoms with Gasteiger partial charge in [0.2, 0.25) is 11.6 Å². The molecule has 35 heavy (non-hydrogen) atoms. The van der Waals surface area contributed by atoms with Crippen LogP contribution in [0.25, 0.3) is 34.1 Å². The van der Waals surface area contributed by atoms with E-state index in [1.807, 2.05) is 18.5 Å². The Balaban J connectivity index is 1.49. The highest BCUT2D eigenvalue weighted by molar-refractivity contribution is 6.31. The van der Waals surface area contributed by atoms with Crippen LogP contribution in [0.2, 0.25) is 5.02 Å². The monoisotopic (exact) mass is 493 g/mol. The van der Waals surface area contributed by atoms with Crippen LogP contribution in [-0.2, 0) is 6.54 Å². The Kier molecular flexibility index (Phi) is 5.80. The molecular weight excluding hydrogens is 466 g/mol. The van der Waals surface area contributed by atoms with E-state index in [9.17, 15) is 4.79 Å². The fraction of sp³-hybridized carbons (Fsp3) is 0.480. The van der Waals surface area contributed by atoms with Gasteiger partial charge >= 0.3 is 5.76 Å². The number of nitrogens with one attached hydrogen (secondary N) is 1. The maximum atomic E-state index is 11.6. The first-order chi connectivity index (χ1) is 17.0. The van der Waals surface area contributed by atoms with E-state index >= 15 is 0 Å². The molecule has 2 aliphatic rings. The van der Waals surface area contributed by atoms with Gasteiger partial charge in [0.15, 0.2) is 5.65 Å². The summed E-state index contributed by atoms with van der Waals surface area (Å²) in [7, 11) is 0. The molecule has 10 heteroatoms. The third kappa shape index (κ3) is 4.45. The molecular formula is C25H28ClN7O2. The molecule has 0 atom stereocenters. The van der Waals surface area contributed by atoms with E-state index in [1.54, 1.807) is 0 Å². The second kappa shape index (κ2) is 9.11. The zero-order valence-electron chi connectivity index (χ0n) is 19.7. The molecule has 1 saturated heterocycles. The molecule has 1 N–H and O–H groups in total. The summed E-state index contributed by atoms with van der Waals surface area (Å²) in [5, 5.41) is 4.45. The van der Waals surface area contributed by atoms with Gasteiger partial charge in [0, 0.05) is 35.9 Å². The summed E-state index contributed by atoms with van der Waals surface area (Å²) >= 11 is 6.61. The first-order valence-electron chi connectivity index (χ1n) is 12.4. The lowest BCUT2D eigenvalue weighted by Crippen LogP contribution is -2.18. The van der Waals surface area contributed by atoms with Crippen molar-refractivity contribution in [2.75, 3.05) is 18.0 Å². The smallest absolute Gasteiger partial charge is 0.371 e. The number of rotatable bonds is 5. The summed E-state index contributed by atoms with van der Waals surface area (Å²) < 4.78 is 6.88. The number of halogens is 1. The molecule has 0 radical (unpaired) electrons. The number of aromatic amines is 1. The van der Waals surface area contributed by atoms with Gasteiger partial charge in [-0.3, -0.25) is 9.51 Å². The maximum absolute atomic E-state index is 11.6. The number of imidazole rings is 1. The number of H-pyrrole nitrogens is 1. The van der Waals surface area contributed by atoms with Crippen molar-refractivity contribution < 1.29 is 4.52 Å². The first-order valence-corrected chi connectivity index (χ1v) is 12.8. The SMILES string of the molecule is CC1CCC(Cn2cnc3nc(-c4noc(=O)[nH]4)nc(-c4cc(Cl)cc(N5CCCC5)c4)c32)CC1. The van der Waals surface area contributed by atoms with Gasteiger partial charge in [0.25, 0.3) is 0 Å². The molecule has 3 aromatic heterocycles. The molecule has 6 rings (SSSR count). The van der Waals surface area contributed by atoms with Crippen LogP contribution in [0, 0.1) is 11.8 Å². The minimum Gasteiger partial charge on any atom is -0.371 e. The van der Waals surface area contributed by atoms with Crippen LogP contribution in [0.1, 0.15) is 45.4 Å². The largest absolute Gasteiger partial charge is 0.439 e. The van der Waals surface area contributed by atoms with Crippen molar-refractivity contribution in [3.63, 3.8) is 0 Å². The van der Waals surface area contributed by atoms with Crippen molar-refractivity contribution in [1.29, 1.82) is 0 Å². The Labute approximate surface area is 207 Å². The third-order valence-corrected chi connectivity index (χ3v) is 7.56. The fourth-order valence-corrected chi connectivity index (χ4v) is 5.64. The van der Waals surface area contributed by atoms with Crippen LogP contribution in [0.5, 0.6) is 0 Å². The second-order valence-corrected chi connectivity index (χ2v) is 10.4. The van der Waals surface area contributed by atoms with E-state index < -0.39 is 5.76 Å². The van der Waals surface area contributed by atoms with Gasteiger partial charge in [-0.25, -0.2) is 19.7 Å². The third-order valence-electron chi connectivity index (χ3n) is 7.34. The van der Waals surface area contributed by atoms with Crippen molar-refractivity contribution in [2.24, 2.45) is 11.8 Å². The van der Waals surface area contributed by atoms with Crippen LogP contribution >= 0.6 is 11.6 Å². The number of hydrogen-bond donors (Lipinski definition) is 1. The normalized spacial score (nSPS) is 20.7. The highest BCUT2D eigenvalue weighted by atomic mass is 35.5. The molecule has 4 heterocycles. The molecule has 0 amide bonds. The number of fused-ring (bicyclic) bond motifs is 1. The van der Waals surface area contributed by atoms with Crippen LogP contribution in [0.15, 0.2) is 33.8 Å². The van der Waals surface area contributed by atoms with E-state index in [2.05, 4.69) is 42.6 Å². The minimum atomic E-state index is -0.652. The lowest BCUT2D eigenvalue weighted by molar-refractivity contribution is 0.266. The van der Waals surface area contributed by atoms with Gasteiger partial charge in [-0.2, -0.15) is 0 Å². The summed E-state index contributed by atoms with van der Waals surface area (Å²) in [6.07, 6.45) is 9.15. The lowest BCUT2D eigenvalue weighted by atomic mass is 9.83. The van der Waals surface area contributed by atoms with Crippen LogP contribution in [0.3, 0.4) is 0 Å². The van der Waals surface area contributed by atoms with Crippen molar-refractivity contribution >= 4 is 28.5 Å². The predicted octanol–water partition coefficient (Wildman–Crippen LogP) is 4.92. The summed E-state index contributed by atoms with van der Waals surface area (Å²) in [6, 6.07) is 6.07. The molecule has 0 unspecified atom stereocenters. The number of hydrogen-bond acceptors (Lipinski definition) is 7. The van der Waals surface area contributed by atoms with Crippen LogP contribution in [-0.4, -0.2) is 42.7 Å². The highest BCUT2D eigenvalue weighted by Crippen LogP contribution is 2.35. The highest BCUT2D eigenvalue weighted by Gasteiger charge is 2.23. The molecule has 182 valence electrons. The quantitative estimate of drug-likeness (QED) is 0.420. The van der Waals surface area contributed by atoms with Gasteiger partial charge in [0.05, 0.1) is 6.33 Å². The number of nitrogens with zero attached hydrogens (tertiary/aromatic N) is 6. The minimum absolute atomic E-state index is 0.177. The van der Waals surface area contributed by atoms with Crippen LogP contribution < -0.4 is 10.7 Å². The van der Waals surface area contributed by atoms with Gasteiger partial charge in [0.1, 0.15) is 11.2 Å². The molecule has 9 nitrogen and oxygen atoms in total. The average molecular weight is 494 g/mol. The van der Waals surface area contributed by atoms with E-state index in [0.717, 1.165) is 48.0 Å². The zero-order valence-corrected chi connectivity index (χ0v) is 20.5. The lowest BCUT2D eigenvalue weighted by Gasteiger charge is -2.26. The standard InChI is InChI=1S/C25H28ClN7O2/c1-15-4-6-16(7-5-15)13-33-14-27-22-21(33)20(28-23(29-22)24-30-25(34)35-31-24)17-10-18(26)12-19(11-17)32-8-2-3-9-32/h10-12,14-16H,2-9,13H2,1H3,(H,30,31,34). The van der Waals surface area contributed by atoms with Crippen molar-refractivity contribution in [3.05, 3.63) is 40.1 Å². The Morgan fingerprint density at radius 2 is 1.91 bits per heavy atom. The molecule has 1 aliphatic heterocycles. The molecule has 0 spiro atoms. The zero-order chi connectivity index (χ0) is 23.9. The molecule has 1 aromatic carbocycles.